The Morgan fingerprint density at radius 3 is 2.32 bits per heavy atom. The van der Waals surface area contributed by atoms with Gasteiger partial charge in [-0.15, -0.1) is 0 Å². The van der Waals surface area contributed by atoms with Gasteiger partial charge in [0.15, 0.2) is 5.76 Å². The van der Waals surface area contributed by atoms with Crippen LogP contribution in [0.4, 0.5) is 0 Å². The van der Waals surface area contributed by atoms with E-state index in [2.05, 4.69) is 0 Å². The van der Waals surface area contributed by atoms with Crippen LogP contribution < -0.4 is 0 Å². The van der Waals surface area contributed by atoms with Crippen molar-refractivity contribution in [1.82, 2.24) is 0 Å². The van der Waals surface area contributed by atoms with E-state index in [1.165, 1.54) is 13.2 Å². The van der Waals surface area contributed by atoms with Crippen molar-refractivity contribution >= 4 is 28.8 Å². The lowest BCUT2D eigenvalue weighted by Crippen LogP contribution is -2.38. The minimum atomic E-state index is -1.69. The number of hydrogen-bond donors (Lipinski definition) is 0. The third kappa shape index (κ3) is 2.81. The van der Waals surface area contributed by atoms with Crippen molar-refractivity contribution in [3.05, 3.63) is 97.7 Å². The molecule has 0 N–H and O–H groups in total. The summed E-state index contributed by atoms with van der Waals surface area (Å²) in [7, 11) is 1.43. The van der Waals surface area contributed by atoms with Gasteiger partial charge in [0.25, 0.3) is 0 Å². The molecule has 2 aromatic carbocycles. The molecule has 128 valence electrons. The number of rotatable bonds is 4. The summed E-state index contributed by atoms with van der Waals surface area (Å²) >= 11 is 12.6. The van der Waals surface area contributed by atoms with Gasteiger partial charge in [-0.1, -0.05) is 59.6 Å². The van der Waals surface area contributed by atoms with Gasteiger partial charge in [0, 0.05) is 27.2 Å². The van der Waals surface area contributed by atoms with Crippen LogP contribution in [0.1, 0.15) is 17.5 Å². The van der Waals surface area contributed by atoms with Crippen molar-refractivity contribution < 1.29 is 9.66 Å². The molecule has 1 atom stereocenters. The summed E-state index contributed by atoms with van der Waals surface area (Å²) in [6.07, 6.45) is 3.77. The largest absolute Gasteiger partial charge is 0.493 e. The smallest absolute Gasteiger partial charge is 0.322 e. The highest BCUT2D eigenvalue weighted by atomic mass is 35.5. The van der Waals surface area contributed by atoms with Crippen molar-refractivity contribution in [3.8, 4) is 0 Å². The first-order valence-electron chi connectivity index (χ1n) is 7.62. The maximum absolute atomic E-state index is 12.2. The Labute approximate surface area is 155 Å². The minimum absolute atomic E-state index is 0.223. The average molecular weight is 376 g/mol. The molecule has 25 heavy (non-hydrogen) atoms. The predicted octanol–water partition coefficient (Wildman–Crippen LogP) is 5.48. The van der Waals surface area contributed by atoms with Crippen molar-refractivity contribution in [2.75, 3.05) is 7.11 Å². The molecule has 1 aliphatic carbocycles. The maximum Gasteiger partial charge on any atom is 0.322 e. The number of hydrogen-bond acceptors (Lipinski definition) is 3. The standard InChI is InChI=1S/C19H15Cl2NO3/c1-25-18-14(13-7-2-4-10-16(13)20)8-6-12-19(18,22(23)24)15-9-3-5-11-17(15)21/h2-7,9-12H,8H2,1H3. The van der Waals surface area contributed by atoms with Crippen LogP contribution in [-0.4, -0.2) is 12.0 Å². The average Bonchev–Trinajstić information content (AvgIpc) is 2.61. The molecule has 0 bridgehead atoms. The Morgan fingerprint density at radius 2 is 1.72 bits per heavy atom. The van der Waals surface area contributed by atoms with Gasteiger partial charge in [-0.25, -0.2) is 0 Å². The minimum Gasteiger partial charge on any atom is -0.493 e. The molecule has 0 saturated heterocycles. The lowest BCUT2D eigenvalue weighted by Gasteiger charge is -2.30. The Morgan fingerprint density at radius 1 is 1.08 bits per heavy atom. The molecular formula is C19H15Cl2NO3. The zero-order valence-corrected chi connectivity index (χ0v) is 14.9. The molecule has 0 spiro atoms. The molecule has 3 rings (SSSR count). The normalized spacial score (nSPS) is 19.8. The fourth-order valence-corrected chi connectivity index (χ4v) is 3.72. The molecule has 0 aromatic heterocycles. The van der Waals surface area contributed by atoms with E-state index in [1.54, 1.807) is 36.4 Å². The fourth-order valence-electron chi connectivity index (χ4n) is 3.19. The molecule has 6 heteroatoms. The summed E-state index contributed by atoms with van der Waals surface area (Å²) in [5, 5.41) is 13.0. The van der Waals surface area contributed by atoms with E-state index in [0.717, 1.165) is 0 Å². The molecule has 1 aliphatic rings. The van der Waals surface area contributed by atoms with E-state index in [-0.39, 0.29) is 10.7 Å². The molecule has 0 amide bonds. The molecule has 0 fully saturated rings. The summed E-state index contributed by atoms with van der Waals surface area (Å²) in [6.45, 7) is 0. The maximum atomic E-state index is 12.2. The number of benzene rings is 2. The van der Waals surface area contributed by atoms with Crippen LogP contribution >= 0.6 is 23.2 Å². The fraction of sp³-hybridized carbons (Fsp3) is 0.158. The monoisotopic (exact) mass is 375 g/mol. The number of methoxy groups -OCH3 is 1. The first-order valence-corrected chi connectivity index (χ1v) is 8.37. The van der Waals surface area contributed by atoms with E-state index in [0.29, 0.717) is 33.2 Å². The lowest BCUT2D eigenvalue weighted by atomic mass is 9.80. The van der Waals surface area contributed by atoms with Gasteiger partial charge in [0.1, 0.15) is 0 Å². The highest BCUT2D eigenvalue weighted by Gasteiger charge is 2.52. The van der Waals surface area contributed by atoms with Crippen LogP contribution in [-0.2, 0) is 10.3 Å². The van der Waals surface area contributed by atoms with Gasteiger partial charge in [0.2, 0.25) is 0 Å². The molecule has 0 radical (unpaired) electrons. The number of ether oxygens (including phenoxy) is 1. The van der Waals surface area contributed by atoms with Crippen LogP contribution in [0.15, 0.2) is 66.4 Å². The second-order valence-corrected chi connectivity index (χ2v) is 6.42. The lowest BCUT2D eigenvalue weighted by molar-refractivity contribution is -0.557. The zero-order valence-electron chi connectivity index (χ0n) is 13.4. The Kier molecular flexibility index (Phi) is 4.84. The number of halogens is 2. The second kappa shape index (κ2) is 6.90. The van der Waals surface area contributed by atoms with Gasteiger partial charge in [-0.3, -0.25) is 10.1 Å². The van der Waals surface area contributed by atoms with E-state index in [4.69, 9.17) is 27.9 Å². The van der Waals surface area contributed by atoms with Gasteiger partial charge >= 0.3 is 5.54 Å². The topological polar surface area (TPSA) is 52.4 Å². The van der Waals surface area contributed by atoms with Crippen molar-refractivity contribution in [2.24, 2.45) is 0 Å². The van der Waals surface area contributed by atoms with Gasteiger partial charge in [0.05, 0.1) is 17.7 Å². The summed E-state index contributed by atoms with van der Waals surface area (Å²) in [5.41, 5.74) is 0.0507. The predicted molar refractivity (Wildman–Crippen MR) is 99.3 cm³/mol. The SMILES string of the molecule is COC1=C(c2ccccc2Cl)CC=CC1(c1ccccc1Cl)[N+](=O)[O-]. The summed E-state index contributed by atoms with van der Waals surface area (Å²) in [5.74, 6) is 0.223. The van der Waals surface area contributed by atoms with Crippen LogP contribution in [0, 0.1) is 10.1 Å². The highest BCUT2D eigenvalue weighted by molar-refractivity contribution is 6.32. The van der Waals surface area contributed by atoms with Crippen LogP contribution in [0.2, 0.25) is 10.0 Å². The van der Waals surface area contributed by atoms with E-state index >= 15 is 0 Å². The second-order valence-electron chi connectivity index (χ2n) is 5.60. The highest BCUT2D eigenvalue weighted by Crippen LogP contribution is 2.46. The molecule has 2 aromatic rings. The number of allylic oxidation sites excluding steroid dienone is 2. The molecule has 1 unspecified atom stereocenters. The van der Waals surface area contributed by atoms with Gasteiger partial charge in [-0.05, 0) is 24.6 Å². The van der Waals surface area contributed by atoms with Crippen LogP contribution in [0.25, 0.3) is 5.57 Å². The van der Waals surface area contributed by atoms with E-state index in [9.17, 15) is 10.1 Å². The molecule has 4 nitrogen and oxygen atoms in total. The quantitative estimate of drug-likeness (QED) is 0.403. The van der Waals surface area contributed by atoms with Crippen LogP contribution in [0.5, 0.6) is 0 Å². The number of nitrogens with zero attached hydrogens (tertiary/aromatic N) is 1. The summed E-state index contributed by atoms with van der Waals surface area (Å²) < 4.78 is 5.57. The van der Waals surface area contributed by atoms with E-state index < -0.39 is 5.54 Å². The van der Waals surface area contributed by atoms with Gasteiger partial charge < -0.3 is 4.74 Å². The van der Waals surface area contributed by atoms with Crippen LogP contribution in [0.3, 0.4) is 0 Å². The van der Waals surface area contributed by atoms with Gasteiger partial charge in [-0.2, -0.15) is 0 Å². The van der Waals surface area contributed by atoms with Crippen molar-refractivity contribution in [2.45, 2.75) is 12.0 Å². The molecule has 0 heterocycles. The van der Waals surface area contributed by atoms with Crippen molar-refractivity contribution in [3.63, 3.8) is 0 Å². The molecule has 0 aliphatic heterocycles. The Balaban J connectivity index is 2.34. The van der Waals surface area contributed by atoms with Crippen molar-refractivity contribution in [1.29, 1.82) is 0 Å². The molecular weight excluding hydrogens is 361 g/mol. The Bertz CT molecular complexity index is 892. The first kappa shape index (κ1) is 17.5. The Hall–Kier alpha value is -2.30. The summed E-state index contributed by atoms with van der Waals surface area (Å²) in [4.78, 5) is 11.8. The first-order chi connectivity index (χ1) is 12.0. The summed E-state index contributed by atoms with van der Waals surface area (Å²) in [6, 6.07) is 14.0. The van der Waals surface area contributed by atoms with E-state index in [1.807, 2.05) is 18.2 Å². The zero-order chi connectivity index (χ0) is 18.0. The molecule has 0 saturated carbocycles. The third-order valence-corrected chi connectivity index (χ3v) is 4.94. The number of nitro groups is 1. The third-order valence-electron chi connectivity index (χ3n) is 4.28.